The van der Waals surface area contributed by atoms with Gasteiger partial charge in [0.2, 0.25) is 0 Å². The summed E-state index contributed by atoms with van der Waals surface area (Å²) in [6.45, 7) is 1.93. The number of aliphatic hydroxyl groups excluding tert-OH is 1. The van der Waals surface area contributed by atoms with Gasteiger partial charge in [0.15, 0.2) is 0 Å². The van der Waals surface area contributed by atoms with E-state index in [0.29, 0.717) is 0 Å². The highest BCUT2D eigenvalue weighted by atomic mass is 16.3. The lowest BCUT2D eigenvalue weighted by atomic mass is 10.1. The van der Waals surface area contributed by atoms with Crippen LogP contribution < -0.4 is 5.73 Å². The second-order valence-electron chi connectivity index (χ2n) is 3.44. The molecule has 0 aliphatic rings. The van der Waals surface area contributed by atoms with Crippen molar-refractivity contribution in [3.63, 3.8) is 0 Å². The third kappa shape index (κ3) is 1.38. The van der Waals surface area contributed by atoms with Crippen LogP contribution in [0.5, 0.6) is 0 Å². The number of H-pyrrole nitrogens is 1. The number of hydrogen-bond donors (Lipinski definition) is 3. The molecule has 0 aliphatic heterocycles. The highest BCUT2D eigenvalue weighted by Crippen LogP contribution is 2.21. The van der Waals surface area contributed by atoms with Crippen molar-refractivity contribution in [1.29, 1.82) is 0 Å². The van der Waals surface area contributed by atoms with Crippen LogP contribution in [0.1, 0.15) is 17.2 Å². The van der Waals surface area contributed by atoms with Crippen molar-refractivity contribution < 1.29 is 5.11 Å². The van der Waals surface area contributed by atoms with Gasteiger partial charge < -0.3 is 15.8 Å². The summed E-state index contributed by atoms with van der Waals surface area (Å²) in [5, 5.41) is 9.97. The van der Waals surface area contributed by atoms with Crippen molar-refractivity contribution in [3.8, 4) is 0 Å². The number of nitrogens with two attached hydrogens (primary N) is 1. The molecule has 0 saturated carbocycles. The minimum atomic E-state index is -0.340. The molecule has 2 aromatic rings. The van der Waals surface area contributed by atoms with Gasteiger partial charge in [0.05, 0.1) is 12.6 Å². The van der Waals surface area contributed by atoms with E-state index in [1.54, 1.807) is 12.4 Å². The van der Waals surface area contributed by atoms with Crippen LogP contribution in [0.25, 0.3) is 11.0 Å². The maximum absolute atomic E-state index is 8.98. The number of hydrogen-bond acceptors (Lipinski definition) is 3. The fraction of sp³-hybridized carbons (Fsp3) is 0.300. The van der Waals surface area contributed by atoms with Crippen LogP contribution in [-0.2, 0) is 0 Å². The fourth-order valence-electron chi connectivity index (χ4n) is 1.53. The molecule has 0 amide bonds. The zero-order valence-electron chi connectivity index (χ0n) is 7.99. The molecule has 0 fully saturated rings. The molecular formula is C10H13N3O. The molecule has 4 nitrogen and oxygen atoms in total. The summed E-state index contributed by atoms with van der Waals surface area (Å²) < 4.78 is 0. The Morgan fingerprint density at radius 3 is 3.14 bits per heavy atom. The lowest BCUT2D eigenvalue weighted by molar-refractivity contribution is 0.268. The maximum Gasteiger partial charge on any atom is 0.137 e. The third-order valence-electron chi connectivity index (χ3n) is 2.30. The molecule has 4 N–H and O–H groups in total. The van der Waals surface area contributed by atoms with Crippen molar-refractivity contribution in [2.45, 2.75) is 13.0 Å². The molecule has 1 unspecified atom stereocenters. The Kier molecular flexibility index (Phi) is 2.23. The second-order valence-corrected chi connectivity index (χ2v) is 3.44. The van der Waals surface area contributed by atoms with Gasteiger partial charge >= 0.3 is 0 Å². The largest absolute Gasteiger partial charge is 0.394 e. The average molecular weight is 191 g/mol. The molecule has 14 heavy (non-hydrogen) atoms. The Balaban J connectivity index is 2.61. The van der Waals surface area contributed by atoms with Gasteiger partial charge in [-0.05, 0) is 24.1 Å². The molecule has 2 heterocycles. The van der Waals surface area contributed by atoms with Gasteiger partial charge in [0.25, 0.3) is 0 Å². The van der Waals surface area contributed by atoms with Crippen LogP contribution >= 0.6 is 0 Å². The summed E-state index contributed by atoms with van der Waals surface area (Å²) in [5.74, 6) is 0. The van der Waals surface area contributed by atoms with Crippen LogP contribution in [0, 0.1) is 6.92 Å². The molecule has 4 heteroatoms. The van der Waals surface area contributed by atoms with E-state index in [9.17, 15) is 0 Å². The zero-order valence-corrected chi connectivity index (χ0v) is 7.99. The molecular weight excluding hydrogens is 178 g/mol. The Labute approximate surface area is 81.8 Å². The lowest BCUT2D eigenvalue weighted by Gasteiger charge is -2.05. The van der Waals surface area contributed by atoms with Crippen LogP contribution in [0.2, 0.25) is 0 Å². The van der Waals surface area contributed by atoms with E-state index in [4.69, 9.17) is 10.8 Å². The van der Waals surface area contributed by atoms with Crippen LogP contribution in [0.4, 0.5) is 0 Å². The molecule has 0 bridgehead atoms. The van der Waals surface area contributed by atoms with Gasteiger partial charge in [-0.1, -0.05) is 0 Å². The third-order valence-corrected chi connectivity index (χ3v) is 2.30. The molecule has 2 rings (SSSR count). The van der Waals surface area contributed by atoms with Crippen LogP contribution in [0.3, 0.4) is 0 Å². The normalized spacial score (nSPS) is 13.4. The number of nitrogens with one attached hydrogen (secondary N) is 1. The van der Waals surface area contributed by atoms with Gasteiger partial charge in [-0.3, -0.25) is 0 Å². The minimum Gasteiger partial charge on any atom is -0.394 e. The zero-order chi connectivity index (χ0) is 10.1. The number of nitrogens with zero attached hydrogens (tertiary/aromatic N) is 1. The molecule has 1 atom stereocenters. The van der Waals surface area contributed by atoms with Crippen LogP contribution in [0.15, 0.2) is 18.5 Å². The number of aliphatic hydroxyl groups is 1. The Morgan fingerprint density at radius 2 is 2.43 bits per heavy atom. The summed E-state index contributed by atoms with van der Waals surface area (Å²) in [6.07, 6.45) is 3.60. The van der Waals surface area contributed by atoms with Crippen molar-refractivity contribution in [1.82, 2.24) is 9.97 Å². The van der Waals surface area contributed by atoms with Crippen LogP contribution in [-0.4, -0.2) is 21.7 Å². The topological polar surface area (TPSA) is 74.9 Å². The monoisotopic (exact) mass is 191 g/mol. The van der Waals surface area contributed by atoms with Gasteiger partial charge in [0, 0.05) is 17.8 Å². The average Bonchev–Trinajstić information content (AvgIpc) is 2.59. The van der Waals surface area contributed by atoms with Gasteiger partial charge in [-0.15, -0.1) is 0 Å². The summed E-state index contributed by atoms with van der Waals surface area (Å²) >= 11 is 0. The van der Waals surface area contributed by atoms with Gasteiger partial charge in [-0.2, -0.15) is 0 Å². The summed E-state index contributed by atoms with van der Waals surface area (Å²) in [5.41, 5.74) is 8.57. The quantitative estimate of drug-likeness (QED) is 0.659. The van der Waals surface area contributed by atoms with Crippen molar-refractivity contribution >= 4 is 11.0 Å². The SMILES string of the molecule is Cc1cnc2[nH]cc(C(N)CO)c2c1. The molecule has 2 aromatic heterocycles. The number of rotatable bonds is 2. The Bertz CT molecular complexity index is 450. The lowest BCUT2D eigenvalue weighted by Crippen LogP contribution is -2.13. The van der Waals surface area contributed by atoms with E-state index in [0.717, 1.165) is 22.2 Å². The fourth-order valence-corrected chi connectivity index (χ4v) is 1.53. The first-order chi connectivity index (χ1) is 6.72. The van der Waals surface area contributed by atoms with E-state index in [1.165, 1.54) is 0 Å². The summed E-state index contributed by atoms with van der Waals surface area (Å²) in [6, 6.07) is 1.68. The van der Waals surface area contributed by atoms with E-state index >= 15 is 0 Å². The molecule has 0 saturated heterocycles. The van der Waals surface area contributed by atoms with Gasteiger partial charge in [-0.25, -0.2) is 4.98 Å². The predicted octanol–water partition coefficient (Wildman–Crippen LogP) is 0.863. The first kappa shape index (κ1) is 9.18. The smallest absolute Gasteiger partial charge is 0.137 e. The van der Waals surface area contributed by atoms with E-state index in [-0.39, 0.29) is 12.6 Å². The Hall–Kier alpha value is -1.39. The number of fused-ring (bicyclic) bond motifs is 1. The number of aryl methyl sites for hydroxylation is 1. The highest BCUT2D eigenvalue weighted by Gasteiger charge is 2.10. The van der Waals surface area contributed by atoms with Crippen molar-refractivity contribution in [2.75, 3.05) is 6.61 Å². The van der Waals surface area contributed by atoms with Gasteiger partial charge in [0.1, 0.15) is 5.65 Å². The van der Waals surface area contributed by atoms with Crippen molar-refractivity contribution in [2.24, 2.45) is 5.73 Å². The molecule has 0 radical (unpaired) electrons. The van der Waals surface area contributed by atoms with Crippen molar-refractivity contribution in [3.05, 3.63) is 29.6 Å². The number of aromatic amines is 1. The van der Waals surface area contributed by atoms with E-state index in [2.05, 4.69) is 9.97 Å². The predicted molar refractivity (Wildman–Crippen MR) is 54.8 cm³/mol. The molecule has 74 valence electrons. The molecule has 0 aromatic carbocycles. The minimum absolute atomic E-state index is 0.0547. The first-order valence-corrected chi connectivity index (χ1v) is 4.52. The van der Waals surface area contributed by atoms with E-state index < -0.39 is 0 Å². The standard InChI is InChI=1S/C10H13N3O/c1-6-2-7-8(9(11)5-14)4-13-10(7)12-3-6/h2-4,9,14H,5,11H2,1H3,(H,12,13). The number of aromatic nitrogens is 2. The molecule has 0 spiro atoms. The second kappa shape index (κ2) is 3.40. The first-order valence-electron chi connectivity index (χ1n) is 4.52. The highest BCUT2D eigenvalue weighted by molar-refractivity contribution is 5.80. The maximum atomic E-state index is 8.98. The summed E-state index contributed by atoms with van der Waals surface area (Å²) in [4.78, 5) is 7.25. The Morgan fingerprint density at radius 1 is 1.64 bits per heavy atom. The molecule has 0 aliphatic carbocycles. The number of pyridine rings is 1. The van der Waals surface area contributed by atoms with E-state index in [1.807, 2.05) is 13.0 Å². The summed E-state index contributed by atoms with van der Waals surface area (Å²) in [7, 11) is 0.